The average molecular weight is 299 g/mol. The fourth-order valence-corrected chi connectivity index (χ4v) is 2.43. The van der Waals surface area contributed by atoms with Crippen LogP contribution >= 0.6 is 24.0 Å². The first kappa shape index (κ1) is 14.3. The molecule has 0 spiro atoms. The second kappa shape index (κ2) is 6.37. The highest BCUT2D eigenvalue weighted by atomic mass is 35.5. The van der Waals surface area contributed by atoms with Gasteiger partial charge in [-0.2, -0.15) is 0 Å². The molecule has 2 N–H and O–H groups in total. The van der Waals surface area contributed by atoms with Gasteiger partial charge in [0.25, 0.3) is 0 Å². The lowest BCUT2D eigenvalue weighted by Crippen LogP contribution is -2.38. The van der Waals surface area contributed by atoms with E-state index in [2.05, 4.69) is 20.6 Å². The quantitative estimate of drug-likeness (QED) is 0.895. The van der Waals surface area contributed by atoms with Gasteiger partial charge in [-0.15, -0.1) is 12.4 Å². The Kier molecular flexibility index (Phi) is 4.80. The van der Waals surface area contributed by atoms with Gasteiger partial charge in [0.2, 0.25) is 0 Å². The molecule has 1 aromatic heterocycles. The third kappa shape index (κ3) is 3.26. The van der Waals surface area contributed by atoms with Crippen molar-refractivity contribution in [3.8, 4) is 0 Å². The van der Waals surface area contributed by atoms with E-state index in [0.29, 0.717) is 17.0 Å². The van der Waals surface area contributed by atoms with Crippen LogP contribution in [0.2, 0.25) is 5.15 Å². The van der Waals surface area contributed by atoms with Crippen LogP contribution in [0.1, 0.15) is 12.8 Å². The summed E-state index contributed by atoms with van der Waals surface area (Å²) in [6.45, 7) is 2.04. The molecular weight excluding hydrogens is 283 g/mol. The van der Waals surface area contributed by atoms with Crippen molar-refractivity contribution in [3.63, 3.8) is 0 Å². The lowest BCUT2D eigenvalue weighted by Gasteiger charge is -2.24. The smallest absolute Gasteiger partial charge is 0.172 e. The Balaban J connectivity index is 0.00000133. The molecule has 0 aliphatic carbocycles. The lowest BCUT2D eigenvalue weighted by molar-refractivity contribution is 0.479. The third-order valence-electron chi connectivity index (χ3n) is 3.17. The molecule has 1 aliphatic heterocycles. The standard InChI is InChI=1S/C13H15ClN4.ClH/c14-12-13(16-9-4-3-7-15-8-9)18-11-6-2-1-5-10(11)17-12;/h1-2,5-6,9,15H,3-4,7-8H2,(H,16,18);1H. The molecule has 3 rings (SSSR count). The first-order chi connectivity index (χ1) is 8.83. The molecule has 19 heavy (non-hydrogen) atoms. The van der Waals surface area contributed by atoms with Crippen LogP contribution in [0.5, 0.6) is 0 Å². The van der Waals surface area contributed by atoms with Crippen LogP contribution in [-0.4, -0.2) is 29.1 Å². The average Bonchev–Trinajstić information content (AvgIpc) is 2.41. The Morgan fingerprint density at radius 1 is 1.21 bits per heavy atom. The molecule has 6 heteroatoms. The summed E-state index contributed by atoms with van der Waals surface area (Å²) in [5.74, 6) is 0.684. The van der Waals surface area contributed by atoms with Gasteiger partial charge in [-0.05, 0) is 31.5 Å². The molecule has 1 atom stereocenters. The molecular formula is C13H16Cl2N4. The number of nitrogens with zero attached hydrogens (tertiary/aromatic N) is 2. The van der Waals surface area contributed by atoms with Gasteiger partial charge in [0, 0.05) is 12.6 Å². The van der Waals surface area contributed by atoms with Gasteiger partial charge in [0.05, 0.1) is 11.0 Å². The van der Waals surface area contributed by atoms with E-state index in [1.807, 2.05) is 24.3 Å². The number of para-hydroxylation sites is 2. The first-order valence-corrected chi connectivity index (χ1v) is 6.60. The summed E-state index contributed by atoms with van der Waals surface area (Å²) in [6, 6.07) is 8.14. The number of aromatic nitrogens is 2. The number of rotatable bonds is 2. The van der Waals surface area contributed by atoms with Crippen LogP contribution in [0.15, 0.2) is 24.3 Å². The van der Waals surface area contributed by atoms with Crippen molar-refractivity contribution < 1.29 is 0 Å². The summed E-state index contributed by atoms with van der Waals surface area (Å²) < 4.78 is 0. The van der Waals surface area contributed by atoms with E-state index in [-0.39, 0.29) is 12.4 Å². The number of nitrogens with one attached hydrogen (secondary N) is 2. The monoisotopic (exact) mass is 298 g/mol. The molecule has 4 nitrogen and oxygen atoms in total. The van der Waals surface area contributed by atoms with Crippen LogP contribution in [0.25, 0.3) is 11.0 Å². The first-order valence-electron chi connectivity index (χ1n) is 6.22. The fourth-order valence-electron chi connectivity index (χ4n) is 2.24. The van der Waals surface area contributed by atoms with Gasteiger partial charge in [0.1, 0.15) is 0 Å². The van der Waals surface area contributed by atoms with Crippen molar-refractivity contribution >= 4 is 40.9 Å². The molecule has 2 heterocycles. The van der Waals surface area contributed by atoms with E-state index >= 15 is 0 Å². The van der Waals surface area contributed by atoms with Crippen LogP contribution in [-0.2, 0) is 0 Å². The number of halogens is 2. The molecule has 102 valence electrons. The van der Waals surface area contributed by atoms with Crippen LogP contribution in [0.4, 0.5) is 5.82 Å². The molecule has 1 fully saturated rings. The van der Waals surface area contributed by atoms with Crippen molar-refractivity contribution in [2.24, 2.45) is 0 Å². The molecule has 2 aromatic rings. The van der Waals surface area contributed by atoms with Gasteiger partial charge < -0.3 is 10.6 Å². The summed E-state index contributed by atoms with van der Waals surface area (Å²) in [4.78, 5) is 8.90. The van der Waals surface area contributed by atoms with Gasteiger partial charge in [-0.25, -0.2) is 9.97 Å². The summed E-state index contributed by atoms with van der Waals surface area (Å²) in [5, 5.41) is 7.17. The van der Waals surface area contributed by atoms with Crippen LogP contribution < -0.4 is 10.6 Å². The van der Waals surface area contributed by atoms with Gasteiger partial charge in [-0.1, -0.05) is 23.7 Å². The van der Waals surface area contributed by atoms with E-state index in [4.69, 9.17) is 11.6 Å². The highest BCUT2D eigenvalue weighted by molar-refractivity contribution is 6.32. The number of piperidine rings is 1. The van der Waals surface area contributed by atoms with Crippen molar-refractivity contribution in [3.05, 3.63) is 29.4 Å². The second-order valence-electron chi connectivity index (χ2n) is 4.54. The minimum Gasteiger partial charge on any atom is -0.363 e. The highest BCUT2D eigenvalue weighted by Gasteiger charge is 2.15. The fraction of sp³-hybridized carbons (Fsp3) is 0.385. The summed E-state index contributed by atoms with van der Waals surface area (Å²) >= 11 is 6.17. The zero-order valence-electron chi connectivity index (χ0n) is 10.4. The molecule has 1 saturated heterocycles. The van der Waals surface area contributed by atoms with Crippen molar-refractivity contribution in [1.82, 2.24) is 15.3 Å². The van der Waals surface area contributed by atoms with Gasteiger partial charge in [-0.3, -0.25) is 0 Å². The second-order valence-corrected chi connectivity index (χ2v) is 4.90. The predicted molar refractivity (Wildman–Crippen MR) is 81.3 cm³/mol. The third-order valence-corrected chi connectivity index (χ3v) is 3.43. The normalized spacial score (nSPS) is 18.9. The number of hydrogen-bond donors (Lipinski definition) is 2. The maximum atomic E-state index is 6.17. The number of hydrogen-bond acceptors (Lipinski definition) is 4. The van der Waals surface area contributed by atoms with Crippen molar-refractivity contribution in [2.75, 3.05) is 18.4 Å². The molecule has 0 bridgehead atoms. The topological polar surface area (TPSA) is 49.8 Å². The minimum absolute atomic E-state index is 0. The number of benzene rings is 1. The Bertz CT molecular complexity index is 555. The molecule has 1 unspecified atom stereocenters. The van der Waals surface area contributed by atoms with Crippen molar-refractivity contribution in [1.29, 1.82) is 0 Å². The molecule has 0 amide bonds. The van der Waals surface area contributed by atoms with E-state index in [0.717, 1.165) is 30.5 Å². The minimum atomic E-state index is 0. The molecule has 1 aliphatic rings. The largest absolute Gasteiger partial charge is 0.363 e. The summed E-state index contributed by atoms with van der Waals surface area (Å²) in [5.41, 5.74) is 1.70. The molecule has 1 aromatic carbocycles. The Hall–Kier alpha value is -1.10. The Morgan fingerprint density at radius 2 is 1.95 bits per heavy atom. The maximum absolute atomic E-state index is 6.17. The van der Waals surface area contributed by atoms with Gasteiger partial charge >= 0.3 is 0 Å². The van der Waals surface area contributed by atoms with Crippen molar-refractivity contribution in [2.45, 2.75) is 18.9 Å². The highest BCUT2D eigenvalue weighted by Crippen LogP contribution is 2.22. The zero-order chi connectivity index (χ0) is 12.4. The predicted octanol–water partition coefficient (Wildman–Crippen LogP) is 2.87. The SMILES string of the molecule is Cl.Clc1nc2ccccc2nc1NC1CCCNC1. The van der Waals surface area contributed by atoms with E-state index in [9.17, 15) is 0 Å². The number of fused-ring (bicyclic) bond motifs is 1. The van der Waals surface area contributed by atoms with E-state index in [1.165, 1.54) is 6.42 Å². The number of anilines is 1. The van der Waals surface area contributed by atoms with Gasteiger partial charge in [0.15, 0.2) is 11.0 Å². The van der Waals surface area contributed by atoms with Crippen LogP contribution in [0.3, 0.4) is 0 Å². The zero-order valence-corrected chi connectivity index (χ0v) is 12.0. The van der Waals surface area contributed by atoms with E-state index < -0.39 is 0 Å². The maximum Gasteiger partial charge on any atom is 0.172 e. The molecule has 0 radical (unpaired) electrons. The summed E-state index contributed by atoms with van der Waals surface area (Å²) in [7, 11) is 0. The lowest BCUT2D eigenvalue weighted by atomic mass is 10.1. The molecule has 0 saturated carbocycles. The van der Waals surface area contributed by atoms with Crippen LogP contribution in [0, 0.1) is 0 Å². The Labute approximate surface area is 123 Å². The summed E-state index contributed by atoms with van der Waals surface area (Å²) in [6.07, 6.45) is 2.31. The Morgan fingerprint density at radius 3 is 2.63 bits per heavy atom. The van der Waals surface area contributed by atoms with E-state index in [1.54, 1.807) is 0 Å².